The first-order valence-corrected chi connectivity index (χ1v) is 0.595. The Balaban J connectivity index is -0.000000000833. The molecular weight excluding hydrogens is 251 g/mol. The zero-order chi connectivity index (χ0) is 2.00. The van der Waals surface area contributed by atoms with Gasteiger partial charge in [0, 0.05) is 50.3 Å². The van der Waals surface area contributed by atoms with Crippen molar-refractivity contribution in [3.05, 3.63) is 0 Å². The fourth-order valence-electron chi connectivity index (χ4n) is 0. The molecule has 0 unspecified atom stereocenters. The van der Waals surface area contributed by atoms with E-state index in [1.807, 2.05) is 15.9 Å². The molecular formula is HCoFeLiMnNiO. The van der Waals surface area contributed by atoms with Crippen LogP contribution in [0.5, 0.6) is 0 Å². The van der Waals surface area contributed by atoms with Gasteiger partial charge in [0.1, 0.15) is 0 Å². The van der Waals surface area contributed by atoms with Crippen molar-refractivity contribution in [2.75, 3.05) is 0 Å². The van der Waals surface area contributed by atoms with E-state index in [2.05, 4.69) is 0 Å². The quantitative estimate of drug-likeness (QED) is 0.517. The summed E-state index contributed by atoms with van der Waals surface area (Å²) in [6, 6.07) is 0. The van der Waals surface area contributed by atoms with Crippen LogP contribution < -0.4 is 0 Å². The summed E-state index contributed by atoms with van der Waals surface area (Å²) in [6.07, 6.45) is 0. The topological polar surface area (TPSA) is 17.1 Å². The predicted molar refractivity (Wildman–Crippen MR) is 7.84 cm³/mol. The average Bonchev–Trinajstić information content (AvgIpc) is 1.00. The molecule has 0 aliphatic heterocycles. The van der Waals surface area contributed by atoms with E-state index in [1.165, 1.54) is 0 Å². The fraction of sp³-hybridized carbons (Fsp3) is 0. The third-order valence-corrected chi connectivity index (χ3v) is 0. The van der Waals surface area contributed by atoms with Gasteiger partial charge in [0.15, 0.2) is 0 Å². The van der Waals surface area contributed by atoms with Crippen molar-refractivity contribution in [1.29, 1.82) is 0 Å². The molecule has 0 amide bonds. The molecule has 0 aromatic carbocycles. The second kappa shape index (κ2) is 51.9. The van der Waals surface area contributed by atoms with E-state index in [0.29, 0.717) is 0 Å². The van der Waals surface area contributed by atoms with Crippen molar-refractivity contribution in [3.63, 3.8) is 0 Å². The SMILES string of the molecule is [Co].[LiH].[Mn].[Ni].[O]=[Fe]. The van der Waals surface area contributed by atoms with E-state index in [-0.39, 0.29) is 69.2 Å². The maximum absolute atomic E-state index is 8.00. The summed E-state index contributed by atoms with van der Waals surface area (Å²) in [5.41, 5.74) is 0. The van der Waals surface area contributed by atoms with Crippen LogP contribution in [-0.2, 0) is 70.1 Å². The van der Waals surface area contributed by atoms with Gasteiger partial charge in [-0.3, -0.25) is 0 Å². The number of rotatable bonds is 0. The van der Waals surface area contributed by atoms with Crippen LogP contribution in [0, 0.1) is 0 Å². The third-order valence-electron chi connectivity index (χ3n) is 0. The van der Waals surface area contributed by atoms with Crippen molar-refractivity contribution in [2.45, 2.75) is 0 Å². The van der Waals surface area contributed by atoms with Gasteiger partial charge in [-0.2, -0.15) is 0 Å². The Kier molecular flexibility index (Phi) is 342. The van der Waals surface area contributed by atoms with E-state index < -0.39 is 0 Å². The summed E-state index contributed by atoms with van der Waals surface area (Å²) >= 11 is 2.00. The maximum atomic E-state index is 8.00. The molecule has 2 radical (unpaired) electrons. The second-order valence-electron chi connectivity index (χ2n) is 0. The van der Waals surface area contributed by atoms with Crippen LogP contribution in [0.15, 0.2) is 0 Å². The van der Waals surface area contributed by atoms with Crippen LogP contribution in [0.4, 0.5) is 0 Å². The monoisotopic (exact) mass is 252 g/mol. The fourth-order valence-corrected chi connectivity index (χ4v) is 0. The molecule has 0 aromatic rings. The van der Waals surface area contributed by atoms with E-state index in [1.54, 1.807) is 0 Å². The minimum atomic E-state index is 0. The summed E-state index contributed by atoms with van der Waals surface area (Å²) < 4.78 is 8.00. The van der Waals surface area contributed by atoms with Crippen molar-refractivity contribution in [2.24, 2.45) is 0 Å². The van der Waals surface area contributed by atoms with Crippen LogP contribution in [0.1, 0.15) is 0 Å². The first-order chi connectivity index (χ1) is 1.00. The van der Waals surface area contributed by atoms with Crippen molar-refractivity contribution < 1.29 is 70.1 Å². The summed E-state index contributed by atoms with van der Waals surface area (Å²) in [6.45, 7) is 0. The van der Waals surface area contributed by atoms with Gasteiger partial charge in [0.25, 0.3) is 0 Å². The molecule has 0 heterocycles. The Morgan fingerprint density at radius 1 is 1.17 bits per heavy atom. The Hall–Kier alpha value is 2.44. The van der Waals surface area contributed by atoms with E-state index in [4.69, 9.17) is 3.83 Å². The second-order valence-corrected chi connectivity index (χ2v) is 0. The molecule has 1 nitrogen and oxygen atoms in total. The van der Waals surface area contributed by atoms with Crippen LogP contribution in [0.3, 0.4) is 0 Å². The summed E-state index contributed by atoms with van der Waals surface area (Å²) in [4.78, 5) is 0. The summed E-state index contributed by atoms with van der Waals surface area (Å²) in [7, 11) is 0. The van der Waals surface area contributed by atoms with Gasteiger partial charge in [-0.15, -0.1) is 0 Å². The Bertz CT molecular complexity index is 15.5. The molecule has 6 heteroatoms. The third kappa shape index (κ3) is 32.0. The molecule has 0 fully saturated rings. The molecule has 0 bridgehead atoms. The first kappa shape index (κ1) is 39.5. The van der Waals surface area contributed by atoms with Crippen molar-refractivity contribution in [1.82, 2.24) is 0 Å². The zero-order valence-corrected chi connectivity index (χ0v) is 6.10. The first-order valence-electron chi connectivity index (χ1n) is 0.144. The molecule has 42 valence electrons. The summed E-state index contributed by atoms with van der Waals surface area (Å²) in [5.74, 6) is 0. The zero-order valence-electron chi connectivity index (χ0n) is 1.79. The van der Waals surface area contributed by atoms with Gasteiger partial charge >= 0.3 is 38.6 Å². The van der Waals surface area contributed by atoms with Gasteiger partial charge in [0.05, 0.1) is 0 Å². The normalized spacial score (nSPS) is 0.833. The molecule has 0 aromatic heterocycles. The Morgan fingerprint density at radius 3 is 1.17 bits per heavy atom. The predicted octanol–water partition coefficient (Wildman–Crippen LogP) is -0.777. The molecule has 0 N–H and O–H groups in total. The summed E-state index contributed by atoms with van der Waals surface area (Å²) in [5, 5.41) is 0. The van der Waals surface area contributed by atoms with Crippen LogP contribution in [-0.4, -0.2) is 18.9 Å². The average molecular weight is 252 g/mol. The Labute approximate surface area is 87.9 Å². The van der Waals surface area contributed by atoms with Gasteiger partial charge in [-0.05, 0) is 0 Å². The molecule has 6 heavy (non-hydrogen) atoms. The van der Waals surface area contributed by atoms with Gasteiger partial charge in [0.2, 0.25) is 0 Å². The van der Waals surface area contributed by atoms with Gasteiger partial charge in [-0.25, -0.2) is 0 Å². The van der Waals surface area contributed by atoms with Crippen LogP contribution in [0.2, 0.25) is 0 Å². The molecule has 0 aliphatic rings. The molecule has 0 aliphatic carbocycles. The molecule has 0 atom stereocenters. The number of hydrogen-bond donors (Lipinski definition) is 0. The van der Waals surface area contributed by atoms with E-state index in [0.717, 1.165) is 0 Å². The van der Waals surface area contributed by atoms with Crippen molar-refractivity contribution >= 4 is 18.9 Å². The molecule has 0 spiro atoms. The number of hydrogen-bond acceptors (Lipinski definition) is 1. The molecule has 0 saturated carbocycles. The minimum absolute atomic E-state index is 0. The van der Waals surface area contributed by atoms with Crippen molar-refractivity contribution in [3.8, 4) is 0 Å². The van der Waals surface area contributed by atoms with Crippen LogP contribution >= 0.6 is 0 Å². The van der Waals surface area contributed by atoms with Crippen LogP contribution in [0.25, 0.3) is 0 Å². The molecule has 0 saturated heterocycles. The van der Waals surface area contributed by atoms with E-state index in [9.17, 15) is 0 Å². The standard InChI is InChI=1S/Co.Fe.Li.Mn.Ni.O.H. The Morgan fingerprint density at radius 2 is 1.17 bits per heavy atom. The van der Waals surface area contributed by atoms with Gasteiger partial charge in [-0.1, -0.05) is 0 Å². The van der Waals surface area contributed by atoms with E-state index >= 15 is 0 Å². The molecule has 0 rings (SSSR count). The van der Waals surface area contributed by atoms with Gasteiger partial charge < -0.3 is 0 Å².